The molecule has 3 atom stereocenters. The van der Waals surface area contributed by atoms with Crippen molar-refractivity contribution in [2.24, 2.45) is 11.3 Å². The minimum Gasteiger partial charge on any atom is -1.00 e. The zero-order chi connectivity index (χ0) is 14.6. The van der Waals surface area contributed by atoms with Crippen molar-refractivity contribution in [2.75, 3.05) is 6.54 Å². The lowest BCUT2D eigenvalue weighted by Gasteiger charge is -2.37. The van der Waals surface area contributed by atoms with Crippen LogP contribution in [-0.2, 0) is 0 Å². The molecule has 21 heavy (non-hydrogen) atoms. The van der Waals surface area contributed by atoms with Gasteiger partial charge in [0.1, 0.15) is 0 Å². The van der Waals surface area contributed by atoms with Gasteiger partial charge < -0.3 is 22.8 Å². The molecule has 2 nitrogen and oxygen atoms in total. The van der Waals surface area contributed by atoms with Crippen LogP contribution in [0.25, 0.3) is 0 Å². The lowest BCUT2D eigenvalue weighted by Crippen LogP contribution is -3.00. The van der Waals surface area contributed by atoms with E-state index in [0.29, 0.717) is 5.41 Å². The van der Waals surface area contributed by atoms with Crippen molar-refractivity contribution in [3.05, 3.63) is 35.9 Å². The molecule has 0 aliphatic heterocycles. The maximum Gasteiger partial charge on any atom is 0.0866 e. The highest BCUT2D eigenvalue weighted by molar-refractivity contribution is 5.16. The van der Waals surface area contributed by atoms with Crippen LogP contribution in [0.3, 0.4) is 0 Å². The number of hydrogen-bond donors (Lipinski definition) is 2. The van der Waals surface area contributed by atoms with E-state index in [9.17, 15) is 5.11 Å². The number of benzene rings is 1. The third kappa shape index (κ3) is 5.98. The Balaban J connectivity index is 0.00000220. The van der Waals surface area contributed by atoms with Crippen LogP contribution in [0.1, 0.15) is 58.1 Å². The van der Waals surface area contributed by atoms with E-state index in [1.54, 1.807) is 0 Å². The van der Waals surface area contributed by atoms with Gasteiger partial charge in [0, 0.05) is 19.3 Å². The van der Waals surface area contributed by atoms with Crippen LogP contribution in [0.2, 0.25) is 0 Å². The zero-order valence-corrected chi connectivity index (χ0v) is 14.3. The third-order valence-electron chi connectivity index (χ3n) is 4.55. The van der Waals surface area contributed by atoms with Crippen molar-refractivity contribution in [2.45, 2.75) is 58.6 Å². The first-order valence-electron chi connectivity index (χ1n) is 8.02. The summed E-state index contributed by atoms with van der Waals surface area (Å²) in [6.45, 7) is 8.18. The fourth-order valence-electron chi connectivity index (χ4n) is 3.93. The van der Waals surface area contributed by atoms with Crippen molar-refractivity contribution in [3.8, 4) is 0 Å². The van der Waals surface area contributed by atoms with Gasteiger partial charge in [0.25, 0.3) is 0 Å². The average molecular weight is 312 g/mol. The largest absolute Gasteiger partial charge is 1.00 e. The van der Waals surface area contributed by atoms with Crippen molar-refractivity contribution >= 4 is 0 Å². The Morgan fingerprint density at radius 1 is 1.24 bits per heavy atom. The Morgan fingerprint density at radius 2 is 1.90 bits per heavy atom. The number of nitrogens with two attached hydrogens (primary N) is 1. The number of quaternary nitrogens is 1. The summed E-state index contributed by atoms with van der Waals surface area (Å²) in [5, 5.41) is 12.6. The fraction of sp³-hybridized carbons (Fsp3) is 0.667. The molecule has 3 N–H and O–H groups in total. The van der Waals surface area contributed by atoms with Gasteiger partial charge in [-0.3, -0.25) is 0 Å². The van der Waals surface area contributed by atoms with Crippen molar-refractivity contribution in [1.29, 1.82) is 0 Å². The summed E-state index contributed by atoms with van der Waals surface area (Å²) < 4.78 is 0. The molecule has 0 saturated heterocycles. The minimum atomic E-state index is -0.318. The van der Waals surface area contributed by atoms with Gasteiger partial charge in [-0.15, -0.1) is 0 Å². The summed E-state index contributed by atoms with van der Waals surface area (Å²) in [6, 6.07) is 10.7. The molecule has 2 rings (SSSR count). The molecule has 0 bridgehead atoms. The average Bonchev–Trinajstić information content (AvgIpc) is 2.37. The third-order valence-corrected chi connectivity index (χ3v) is 4.55. The number of rotatable bonds is 5. The Labute approximate surface area is 135 Å². The molecule has 3 heteroatoms. The highest BCUT2D eigenvalue weighted by Gasteiger charge is 2.33. The first-order chi connectivity index (χ1) is 9.46. The molecule has 1 fully saturated rings. The van der Waals surface area contributed by atoms with Gasteiger partial charge in [-0.05, 0) is 23.3 Å². The van der Waals surface area contributed by atoms with Gasteiger partial charge >= 0.3 is 0 Å². The molecule has 3 unspecified atom stereocenters. The predicted octanol–water partition coefficient (Wildman–Crippen LogP) is -0.108. The van der Waals surface area contributed by atoms with Crippen molar-refractivity contribution in [3.63, 3.8) is 0 Å². The van der Waals surface area contributed by atoms with Crippen molar-refractivity contribution in [1.82, 2.24) is 0 Å². The van der Waals surface area contributed by atoms with Crippen molar-refractivity contribution < 1.29 is 22.8 Å². The van der Waals surface area contributed by atoms with E-state index in [-0.39, 0.29) is 18.5 Å². The SMILES string of the molecule is CC1CC([NH2+]CCC(O)c2ccccc2)CC(C)(C)C1.[Cl-]. The van der Waals surface area contributed by atoms with Crippen LogP contribution in [0.15, 0.2) is 30.3 Å². The molecule has 1 aliphatic rings. The maximum atomic E-state index is 10.2. The van der Waals surface area contributed by atoms with E-state index in [0.717, 1.165) is 30.5 Å². The van der Waals surface area contributed by atoms with Crippen LogP contribution < -0.4 is 17.7 Å². The molecule has 0 amide bonds. The van der Waals surface area contributed by atoms with E-state index >= 15 is 0 Å². The molecular formula is C18H30ClNO. The zero-order valence-electron chi connectivity index (χ0n) is 13.6. The predicted molar refractivity (Wildman–Crippen MR) is 83.4 cm³/mol. The van der Waals surface area contributed by atoms with Crippen LogP contribution in [0.5, 0.6) is 0 Å². The van der Waals surface area contributed by atoms with Gasteiger partial charge in [-0.2, -0.15) is 0 Å². The number of aliphatic hydroxyl groups is 1. The van der Waals surface area contributed by atoms with Crippen LogP contribution in [0, 0.1) is 11.3 Å². The maximum absolute atomic E-state index is 10.2. The van der Waals surface area contributed by atoms with Gasteiger partial charge in [0.15, 0.2) is 0 Å². The molecule has 0 radical (unpaired) electrons. The standard InChI is InChI=1S/C18H29NO.ClH/c1-14-11-16(13-18(2,3)12-14)19-10-9-17(20)15-7-5-4-6-8-15;/h4-8,14,16-17,19-20H,9-13H2,1-3H3;1H. The minimum absolute atomic E-state index is 0. The van der Waals surface area contributed by atoms with E-state index in [2.05, 4.69) is 26.1 Å². The first kappa shape index (κ1) is 18.5. The summed E-state index contributed by atoms with van der Waals surface area (Å²) in [4.78, 5) is 0. The highest BCUT2D eigenvalue weighted by Crippen LogP contribution is 2.37. The Morgan fingerprint density at radius 3 is 2.52 bits per heavy atom. The Kier molecular flexibility index (Phi) is 7.19. The second-order valence-corrected chi connectivity index (χ2v) is 7.41. The smallest absolute Gasteiger partial charge is 0.0866 e. The first-order valence-corrected chi connectivity index (χ1v) is 8.02. The lowest BCUT2D eigenvalue weighted by atomic mass is 9.70. The van der Waals surface area contributed by atoms with Crippen LogP contribution in [0.4, 0.5) is 0 Å². The Bertz CT molecular complexity index is 407. The van der Waals surface area contributed by atoms with Gasteiger partial charge in [0.2, 0.25) is 0 Å². The molecule has 1 aromatic carbocycles. The van der Waals surface area contributed by atoms with Crippen LogP contribution >= 0.6 is 0 Å². The van der Waals surface area contributed by atoms with Crippen LogP contribution in [-0.4, -0.2) is 17.7 Å². The van der Waals surface area contributed by atoms with Gasteiger partial charge in [-0.25, -0.2) is 0 Å². The summed E-state index contributed by atoms with van der Waals surface area (Å²) in [5.74, 6) is 0.832. The van der Waals surface area contributed by atoms with E-state index in [1.807, 2.05) is 30.3 Å². The number of aliphatic hydroxyl groups excluding tert-OH is 1. The molecule has 0 heterocycles. The highest BCUT2D eigenvalue weighted by atomic mass is 35.5. The fourth-order valence-corrected chi connectivity index (χ4v) is 3.93. The summed E-state index contributed by atoms with van der Waals surface area (Å²) in [5.41, 5.74) is 1.52. The Hall–Kier alpha value is -0.570. The monoisotopic (exact) mass is 311 g/mol. The molecule has 1 saturated carbocycles. The summed E-state index contributed by atoms with van der Waals surface area (Å²) >= 11 is 0. The second kappa shape index (κ2) is 8.17. The van der Waals surface area contributed by atoms with E-state index in [1.165, 1.54) is 19.3 Å². The second-order valence-electron chi connectivity index (χ2n) is 7.41. The summed E-state index contributed by atoms with van der Waals surface area (Å²) in [7, 11) is 0. The van der Waals surface area contributed by atoms with Gasteiger partial charge in [-0.1, -0.05) is 51.1 Å². The quantitative estimate of drug-likeness (QED) is 0.782. The molecule has 1 aromatic rings. The number of halogens is 1. The van der Waals surface area contributed by atoms with Gasteiger partial charge in [0.05, 0.1) is 18.7 Å². The molecule has 1 aliphatic carbocycles. The normalized spacial score (nSPS) is 25.9. The molecule has 0 spiro atoms. The van der Waals surface area contributed by atoms with E-state index in [4.69, 9.17) is 0 Å². The molecule has 120 valence electrons. The number of hydrogen-bond acceptors (Lipinski definition) is 1. The topological polar surface area (TPSA) is 36.8 Å². The van der Waals surface area contributed by atoms with E-state index < -0.39 is 0 Å². The molecule has 0 aromatic heterocycles. The molecular weight excluding hydrogens is 282 g/mol. The lowest BCUT2D eigenvalue weighted by molar-refractivity contribution is -0.695. The summed E-state index contributed by atoms with van der Waals surface area (Å²) in [6.07, 6.45) is 4.50.